The molecule has 0 bridgehead atoms. The number of hydrogen-bond acceptors (Lipinski definition) is 2. The van der Waals surface area contributed by atoms with Gasteiger partial charge < -0.3 is 9.30 Å². The lowest BCUT2D eigenvalue weighted by atomic mass is 10.1. The molecule has 0 saturated carbocycles. The Morgan fingerprint density at radius 1 is 1.17 bits per heavy atom. The number of rotatable bonds is 5. The second-order valence-corrected chi connectivity index (χ2v) is 6.69. The molecule has 0 spiro atoms. The van der Waals surface area contributed by atoms with E-state index in [9.17, 15) is 4.79 Å². The third kappa shape index (κ3) is 3.39. The average molecular weight is 386 g/mol. The first kappa shape index (κ1) is 16.8. The Hall–Kier alpha value is -2.07. The van der Waals surface area contributed by atoms with Crippen molar-refractivity contribution in [3.8, 4) is 0 Å². The fraction of sp³-hybridized carbons (Fsp3) is 0.250. The van der Waals surface area contributed by atoms with Crippen molar-refractivity contribution in [2.24, 2.45) is 0 Å². The Bertz CT molecular complexity index is 868. The van der Waals surface area contributed by atoms with Crippen molar-refractivity contribution in [2.45, 2.75) is 26.8 Å². The van der Waals surface area contributed by atoms with Crippen LogP contribution in [0.2, 0.25) is 0 Å². The third-order valence-electron chi connectivity index (χ3n) is 4.23. The van der Waals surface area contributed by atoms with Crippen molar-refractivity contribution in [1.82, 2.24) is 4.57 Å². The summed E-state index contributed by atoms with van der Waals surface area (Å²) in [6.45, 7) is 5.10. The van der Waals surface area contributed by atoms with Crippen LogP contribution in [-0.2, 0) is 22.5 Å². The first-order valence-electron chi connectivity index (χ1n) is 8.07. The highest BCUT2D eigenvalue weighted by molar-refractivity contribution is 9.10. The van der Waals surface area contributed by atoms with Crippen molar-refractivity contribution in [3.63, 3.8) is 0 Å². The zero-order valence-electron chi connectivity index (χ0n) is 13.9. The monoisotopic (exact) mass is 385 g/mol. The topological polar surface area (TPSA) is 31.2 Å². The highest BCUT2D eigenvalue weighted by atomic mass is 79.9. The number of hydrogen-bond donors (Lipinski definition) is 0. The molecule has 0 amide bonds. The molecule has 0 atom stereocenters. The Morgan fingerprint density at radius 2 is 1.92 bits per heavy atom. The summed E-state index contributed by atoms with van der Waals surface area (Å²) in [5.74, 6) is -0.181. The Morgan fingerprint density at radius 3 is 2.62 bits per heavy atom. The molecule has 3 aromatic rings. The molecule has 0 aliphatic carbocycles. The number of nitrogens with zero attached hydrogens (tertiary/aromatic N) is 1. The molecule has 0 aliphatic heterocycles. The number of fused-ring (bicyclic) bond motifs is 1. The van der Waals surface area contributed by atoms with Crippen LogP contribution in [0.3, 0.4) is 0 Å². The van der Waals surface area contributed by atoms with E-state index in [1.54, 1.807) is 0 Å². The highest BCUT2D eigenvalue weighted by Gasteiger charge is 2.17. The Kier molecular flexibility index (Phi) is 5.05. The summed E-state index contributed by atoms with van der Waals surface area (Å²) in [6.07, 6.45) is 0.300. The molecule has 1 aromatic heterocycles. The standard InChI is InChI=1S/C20H20BrNO2/c1-3-24-20(23)12-17-14(2)22(13-15-7-5-4-6-8-15)19-10-9-16(21)11-18(17)19/h4-11H,3,12-13H2,1-2H3. The van der Waals surface area contributed by atoms with E-state index in [0.29, 0.717) is 13.0 Å². The fourth-order valence-electron chi connectivity index (χ4n) is 3.07. The quantitative estimate of drug-likeness (QED) is 0.586. The molecule has 1 heterocycles. The van der Waals surface area contributed by atoms with Gasteiger partial charge in [-0.05, 0) is 43.2 Å². The number of carbonyl (C=O) groups excluding carboxylic acids is 1. The van der Waals surface area contributed by atoms with E-state index < -0.39 is 0 Å². The lowest BCUT2D eigenvalue weighted by molar-refractivity contribution is -0.142. The molecule has 0 saturated heterocycles. The van der Waals surface area contributed by atoms with Crippen molar-refractivity contribution >= 4 is 32.8 Å². The van der Waals surface area contributed by atoms with Gasteiger partial charge in [0.15, 0.2) is 0 Å². The number of esters is 1. The summed E-state index contributed by atoms with van der Waals surface area (Å²) in [7, 11) is 0. The minimum atomic E-state index is -0.181. The first-order valence-corrected chi connectivity index (χ1v) is 8.86. The van der Waals surface area contributed by atoms with Gasteiger partial charge in [-0.3, -0.25) is 4.79 Å². The largest absolute Gasteiger partial charge is 0.466 e. The lowest BCUT2D eigenvalue weighted by Crippen LogP contribution is -2.09. The van der Waals surface area contributed by atoms with Crippen LogP contribution in [0.4, 0.5) is 0 Å². The summed E-state index contributed by atoms with van der Waals surface area (Å²) in [5, 5.41) is 1.10. The van der Waals surface area contributed by atoms with Gasteiger partial charge in [-0.2, -0.15) is 0 Å². The SMILES string of the molecule is CCOC(=O)Cc1c(C)n(Cc2ccccc2)c2ccc(Br)cc12. The average Bonchev–Trinajstić information content (AvgIpc) is 2.81. The molecule has 0 unspecified atom stereocenters. The predicted molar refractivity (Wildman–Crippen MR) is 100 cm³/mol. The molecular weight excluding hydrogens is 366 g/mol. The molecule has 2 aromatic carbocycles. The summed E-state index contributed by atoms with van der Waals surface area (Å²) in [5.41, 5.74) is 4.53. The van der Waals surface area contributed by atoms with E-state index in [1.165, 1.54) is 5.56 Å². The van der Waals surface area contributed by atoms with Crippen LogP contribution in [0.25, 0.3) is 10.9 Å². The summed E-state index contributed by atoms with van der Waals surface area (Å²) in [6, 6.07) is 16.6. The van der Waals surface area contributed by atoms with Crippen molar-refractivity contribution in [2.75, 3.05) is 6.61 Å². The number of ether oxygens (including phenoxy) is 1. The smallest absolute Gasteiger partial charge is 0.310 e. The van der Waals surface area contributed by atoms with Gasteiger partial charge in [-0.1, -0.05) is 46.3 Å². The van der Waals surface area contributed by atoms with Crippen LogP contribution in [0.15, 0.2) is 53.0 Å². The molecular formula is C20H20BrNO2. The zero-order valence-corrected chi connectivity index (χ0v) is 15.5. The van der Waals surface area contributed by atoms with Crippen LogP contribution in [0.1, 0.15) is 23.7 Å². The molecule has 0 fully saturated rings. The second kappa shape index (κ2) is 7.22. The van der Waals surface area contributed by atoms with Crippen LogP contribution in [0.5, 0.6) is 0 Å². The maximum atomic E-state index is 12.0. The maximum Gasteiger partial charge on any atom is 0.310 e. The van der Waals surface area contributed by atoms with Crippen molar-refractivity contribution in [3.05, 3.63) is 69.8 Å². The number of halogens is 1. The van der Waals surface area contributed by atoms with Crippen LogP contribution >= 0.6 is 15.9 Å². The Labute approximate surface area is 150 Å². The summed E-state index contributed by atoms with van der Waals surface area (Å²) in [4.78, 5) is 12.0. The summed E-state index contributed by atoms with van der Waals surface area (Å²) < 4.78 is 8.43. The molecule has 124 valence electrons. The van der Waals surface area contributed by atoms with Gasteiger partial charge >= 0.3 is 5.97 Å². The normalized spacial score (nSPS) is 11.0. The van der Waals surface area contributed by atoms with Gasteiger partial charge in [0.25, 0.3) is 0 Å². The lowest BCUT2D eigenvalue weighted by Gasteiger charge is -2.09. The first-order chi connectivity index (χ1) is 11.6. The fourth-order valence-corrected chi connectivity index (χ4v) is 3.43. The summed E-state index contributed by atoms with van der Waals surface area (Å²) >= 11 is 3.54. The maximum absolute atomic E-state index is 12.0. The van der Waals surface area contributed by atoms with Gasteiger partial charge in [0.2, 0.25) is 0 Å². The molecule has 24 heavy (non-hydrogen) atoms. The van der Waals surface area contributed by atoms with Crippen LogP contribution in [-0.4, -0.2) is 17.1 Å². The van der Waals surface area contributed by atoms with Crippen LogP contribution < -0.4 is 0 Å². The molecule has 3 rings (SSSR count). The van der Waals surface area contributed by atoms with Crippen LogP contribution in [0, 0.1) is 6.92 Å². The molecule has 0 N–H and O–H groups in total. The van der Waals surface area contributed by atoms with Gasteiger partial charge in [-0.15, -0.1) is 0 Å². The minimum absolute atomic E-state index is 0.181. The minimum Gasteiger partial charge on any atom is -0.466 e. The van der Waals surface area contributed by atoms with Gasteiger partial charge in [-0.25, -0.2) is 0 Å². The van der Waals surface area contributed by atoms with E-state index in [0.717, 1.165) is 33.2 Å². The van der Waals surface area contributed by atoms with Crippen molar-refractivity contribution < 1.29 is 9.53 Å². The van der Waals surface area contributed by atoms with E-state index >= 15 is 0 Å². The zero-order chi connectivity index (χ0) is 17.1. The molecule has 3 nitrogen and oxygen atoms in total. The van der Waals surface area contributed by atoms with E-state index in [2.05, 4.69) is 51.7 Å². The number of carbonyl (C=O) groups is 1. The van der Waals surface area contributed by atoms with E-state index in [1.807, 2.05) is 31.2 Å². The number of aromatic nitrogens is 1. The number of benzene rings is 2. The predicted octanol–water partition coefficient (Wildman–Crippen LogP) is 4.87. The van der Waals surface area contributed by atoms with Gasteiger partial charge in [0, 0.05) is 27.6 Å². The molecule has 4 heteroatoms. The highest BCUT2D eigenvalue weighted by Crippen LogP contribution is 2.30. The third-order valence-corrected chi connectivity index (χ3v) is 4.72. The van der Waals surface area contributed by atoms with E-state index in [-0.39, 0.29) is 5.97 Å². The van der Waals surface area contributed by atoms with Crippen molar-refractivity contribution in [1.29, 1.82) is 0 Å². The molecule has 0 radical (unpaired) electrons. The Balaban J connectivity index is 2.08. The van der Waals surface area contributed by atoms with E-state index in [4.69, 9.17) is 4.74 Å². The van der Waals surface area contributed by atoms with Gasteiger partial charge in [0.05, 0.1) is 13.0 Å². The second-order valence-electron chi connectivity index (χ2n) is 5.78. The van der Waals surface area contributed by atoms with Gasteiger partial charge in [0.1, 0.15) is 0 Å². The molecule has 0 aliphatic rings.